The Morgan fingerprint density at radius 1 is 1.18 bits per heavy atom. The van der Waals surface area contributed by atoms with Gasteiger partial charge in [-0.25, -0.2) is 4.98 Å². The van der Waals surface area contributed by atoms with Crippen molar-refractivity contribution in [2.45, 2.75) is 70.9 Å². The molecule has 3 unspecified atom stereocenters. The van der Waals surface area contributed by atoms with Crippen LogP contribution in [-0.2, 0) is 16.0 Å². The maximum absolute atomic E-state index is 12.3. The van der Waals surface area contributed by atoms with Crippen molar-refractivity contribution in [1.82, 2.24) is 30.4 Å². The van der Waals surface area contributed by atoms with Crippen LogP contribution in [0.5, 0.6) is 0 Å². The Bertz CT molecular complexity index is 1670. The molecule has 0 saturated carbocycles. The summed E-state index contributed by atoms with van der Waals surface area (Å²) in [6.45, 7) is 13.1. The van der Waals surface area contributed by atoms with Crippen molar-refractivity contribution >= 4 is 42.2 Å². The molecule has 0 spiro atoms. The average molecular weight is 669 g/mol. The van der Waals surface area contributed by atoms with Gasteiger partial charge in [0.05, 0.1) is 17.0 Å². The molecule has 0 radical (unpaired) electrons. The maximum atomic E-state index is 12.3. The van der Waals surface area contributed by atoms with Crippen molar-refractivity contribution in [3.8, 4) is 0 Å². The normalized spacial score (nSPS) is 16.5. The Labute approximate surface area is 292 Å². The molecule has 264 valence electrons. The van der Waals surface area contributed by atoms with Gasteiger partial charge < -0.3 is 30.2 Å². The molecule has 3 atom stereocenters. The molecule has 9 nitrogen and oxygen atoms in total. The van der Waals surface area contributed by atoms with Crippen molar-refractivity contribution in [2.24, 2.45) is 5.92 Å². The van der Waals surface area contributed by atoms with Crippen LogP contribution in [0.3, 0.4) is 0 Å². The molecular formula is C40H56N6O3. The summed E-state index contributed by atoms with van der Waals surface area (Å²) < 4.78 is 0. The molecule has 49 heavy (non-hydrogen) atoms. The molecule has 1 saturated heterocycles. The van der Waals surface area contributed by atoms with E-state index < -0.39 is 5.92 Å². The number of hydrogen-bond donors (Lipinski definition) is 3. The third-order valence-corrected chi connectivity index (χ3v) is 9.31. The number of piperidine rings is 1. The summed E-state index contributed by atoms with van der Waals surface area (Å²) in [6.07, 6.45) is 17.9. The lowest BCUT2D eigenvalue weighted by molar-refractivity contribution is -0.119. The lowest BCUT2D eigenvalue weighted by Gasteiger charge is -2.32. The second-order valence-corrected chi connectivity index (χ2v) is 13.1. The summed E-state index contributed by atoms with van der Waals surface area (Å²) in [4.78, 5) is 46.1. The van der Waals surface area contributed by atoms with Crippen LogP contribution in [0.15, 0.2) is 55.3 Å². The second kappa shape index (κ2) is 20.2. The van der Waals surface area contributed by atoms with E-state index in [0.717, 1.165) is 81.8 Å². The Kier molecular flexibility index (Phi) is 16.1. The summed E-state index contributed by atoms with van der Waals surface area (Å²) in [5.74, 6) is 0.461. The number of aromatic nitrogens is 2. The quantitative estimate of drug-likeness (QED) is 0.196. The molecule has 2 aromatic carbocycles. The zero-order valence-corrected chi connectivity index (χ0v) is 30.2. The number of allylic oxidation sites excluding steroid dienone is 1. The van der Waals surface area contributed by atoms with Gasteiger partial charge in [-0.3, -0.25) is 9.59 Å². The van der Waals surface area contributed by atoms with Crippen LogP contribution in [0.1, 0.15) is 72.8 Å². The van der Waals surface area contributed by atoms with Gasteiger partial charge in [-0.05, 0) is 112 Å². The van der Waals surface area contributed by atoms with E-state index in [1.54, 1.807) is 11.0 Å². The van der Waals surface area contributed by atoms with Crippen LogP contribution in [0, 0.1) is 12.8 Å². The van der Waals surface area contributed by atoms with E-state index in [1.165, 1.54) is 16.0 Å². The maximum Gasteiger partial charge on any atom is 0.209 e. The molecule has 9 heteroatoms. The summed E-state index contributed by atoms with van der Waals surface area (Å²) in [7, 11) is 5.82. The lowest BCUT2D eigenvalue weighted by atomic mass is 9.96. The number of nitrogens with zero attached hydrogens (tertiary/aromatic N) is 3. The number of amides is 1. The monoisotopic (exact) mass is 668 g/mol. The van der Waals surface area contributed by atoms with E-state index in [0.29, 0.717) is 28.9 Å². The molecule has 0 bridgehead atoms. The first-order chi connectivity index (χ1) is 23.7. The smallest absolute Gasteiger partial charge is 0.209 e. The average Bonchev–Trinajstić information content (AvgIpc) is 3.51. The van der Waals surface area contributed by atoms with Gasteiger partial charge in [-0.15, -0.1) is 0 Å². The Hall–Kier alpha value is -4.34. The molecule has 1 aromatic heterocycles. The van der Waals surface area contributed by atoms with Crippen molar-refractivity contribution < 1.29 is 14.4 Å². The molecule has 1 aliphatic heterocycles. The molecule has 4 rings (SSSR count). The van der Waals surface area contributed by atoms with Gasteiger partial charge in [-0.2, -0.15) is 0 Å². The predicted octanol–water partition coefficient (Wildman–Crippen LogP) is 4.25. The number of hydrogen-bond acceptors (Lipinski definition) is 7. The van der Waals surface area contributed by atoms with Gasteiger partial charge in [0.2, 0.25) is 6.41 Å². The minimum atomic E-state index is -0.505. The Balaban J connectivity index is 0.000000501. The van der Waals surface area contributed by atoms with E-state index in [1.807, 2.05) is 45.4 Å². The first-order valence-corrected chi connectivity index (χ1v) is 17.4. The van der Waals surface area contributed by atoms with Crippen LogP contribution in [0.4, 0.5) is 0 Å². The molecular weight excluding hydrogens is 612 g/mol. The molecule has 1 aliphatic rings. The van der Waals surface area contributed by atoms with E-state index in [-0.39, 0.29) is 6.04 Å². The number of nitrogens with one attached hydrogen (secondary N) is 3. The minimum absolute atomic E-state index is 0.248. The van der Waals surface area contributed by atoms with Crippen LogP contribution < -0.4 is 21.1 Å². The van der Waals surface area contributed by atoms with Gasteiger partial charge >= 0.3 is 0 Å². The molecule has 0 aliphatic carbocycles. The number of likely N-dealkylation sites (tertiary alicyclic amines) is 1. The van der Waals surface area contributed by atoms with Crippen LogP contribution in [0.25, 0.3) is 23.2 Å². The van der Waals surface area contributed by atoms with Crippen LogP contribution in [-0.4, -0.2) is 91.6 Å². The Morgan fingerprint density at radius 3 is 2.57 bits per heavy atom. The van der Waals surface area contributed by atoms with Crippen LogP contribution in [0.2, 0.25) is 0 Å². The SMILES string of the molecule is C=C/C=c1/c(CCC(C)CNC(/C=C\NC)C(C=O)c2nc3cc(C=O)c(C)cc3[nH]2)ccc/c1=C/CC.CN1CCC(N(C)C=O)CC1. The van der Waals surface area contributed by atoms with E-state index in [9.17, 15) is 14.4 Å². The van der Waals surface area contributed by atoms with E-state index in [4.69, 9.17) is 0 Å². The third-order valence-electron chi connectivity index (χ3n) is 9.31. The fourth-order valence-corrected chi connectivity index (χ4v) is 6.22. The fourth-order valence-electron chi connectivity index (χ4n) is 6.22. The van der Waals surface area contributed by atoms with Gasteiger partial charge in [-0.1, -0.05) is 62.9 Å². The summed E-state index contributed by atoms with van der Waals surface area (Å²) >= 11 is 0. The van der Waals surface area contributed by atoms with Crippen molar-refractivity contribution in [1.29, 1.82) is 0 Å². The van der Waals surface area contributed by atoms with E-state index in [2.05, 4.69) is 83.3 Å². The van der Waals surface area contributed by atoms with Crippen molar-refractivity contribution in [2.75, 3.05) is 40.8 Å². The number of aldehydes is 2. The molecule has 1 fully saturated rings. The zero-order valence-electron chi connectivity index (χ0n) is 30.2. The number of fused-ring (bicyclic) bond motifs is 1. The largest absolute Gasteiger partial charge is 0.394 e. The minimum Gasteiger partial charge on any atom is -0.394 e. The van der Waals surface area contributed by atoms with Gasteiger partial charge in [0.1, 0.15) is 18.4 Å². The molecule has 1 amide bonds. The van der Waals surface area contributed by atoms with E-state index >= 15 is 0 Å². The number of carbonyl (C=O) groups excluding carboxylic acids is 3. The second-order valence-electron chi connectivity index (χ2n) is 13.1. The number of benzene rings is 2. The molecule has 3 aromatic rings. The summed E-state index contributed by atoms with van der Waals surface area (Å²) in [6, 6.07) is 10.4. The predicted molar refractivity (Wildman–Crippen MR) is 202 cm³/mol. The molecule has 2 heterocycles. The highest BCUT2D eigenvalue weighted by Crippen LogP contribution is 2.23. The first-order valence-electron chi connectivity index (χ1n) is 17.4. The number of imidazole rings is 1. The number of carbonyl (C=O) groups is 3. The van der Waals surface area contributed by atoms with Gasteiger partial charge in [0.25, 0.3) is 0 Å². The third kappa shape index (κ3) is 11.4. The molecule has 3 N–H and O–H groups in total. The first kappa shape index (κ1) is 39.1. The highest BCUT2D eigenvalue weighted by molar-refractivity contribution is 5.87. The number of aromatic amines is 1. The van der Waals surface area contributed by atoms with Crippen molar-refractivity contribution in [3.05, 3.63) is 88.2 Å². The van der Waals surface area contributed by atoms with Crippen molar-refractivity contribution in [3.63, 3.8) is 0 Å². The Morgan fingerprint density at radius 2 is 1.94 bits per heavy atom. The zero-order chi connectivity index (χ0) is 35.8. The number of aryl methyl sites for hydroxylation is 2. The number of rotatable bonds is 16. The summed E-state index contributed by atoms with van der Waals surface area (Å²) in [5.41, 5.74) is 4.29. The fraction of sp³-hybridized carbons (Fsp3) is 0.450. The highest BCUT2D eigenvalue weighted by atomic mass is 16.1. The topological polar surface area (TPSA) is 110 Å². The summed E-state index contributed by atoms with van der Waals surface area (Å²) in [5, 5.41) is 9.11. The van der Waals surface area contributed by atoms with Gasteiger partial charge in [0.15, 0.2) is 0 Å². The lowest BCUT2D eigenvalue weighted by Crippen LogP contribution is -2.41. The standard InChI is InChI=1S/C32H40N4O2.C8H16N2O/c1-6-9-24-11-8-12-25(27(24)10-7-2)14-13-22(3)19-34-29(15-16-33-5)28(21-38)32-35-30-17-23(4)26(20-37)18-31(30)36-32;1-9-5-3-8(4-6-9)10(2)7-11/h7-12,15-18,20-22,28-29,33-34H,2,6,13-14,19H2,1,3-5H3,(H,35,36);7-8H,3-6H2,1-2H3/b16-15-,24-9-,27-10+;. The van der Waals surface area contributed by atoms with Gasteiger partial charge in [0, 0.05) is 31.7 Å². The highest BCUT2D eigenvalue weighted by Gasteiger charge is 2.25. The number of H-pyrrole nitrogens is 1. The van der Waals surface area contributed by atoms with Crippen LogP contribution >= 0.6 is 0 Å².